The fourth-order valence-corrected chi connectivity index (χ4v) is 4.68. The second-order valence-electron chi connectivity index (χ2n) is 7.83. The molecule has 2 N–H and O–H groups in total. The van der Waals surface area contributed by atoms with E-state index in [2.05, 4.69) is 27.3 Å². The summed E-state index contributed by atoms with van der Waals surface area (Å²) in [4.78, 5) is 23.2. The number of hydrogen-bond acceptors (Lipinski definition) is 4. The maximum atomic E-state index is 13.4. The minimum Gasteiger partial charge on any atom is -0.348 e. The van der Waals surface area contributed by atoms with Crippen LogP contribution < -0.4 is 5.32 Å². The highest BCUT2D eigenvalue weighted by Crippen LogP contribution is 2.40. The van der Waals surface area contributed by atoms with Crippen LogP contribution >= 0.6 is 0 Å². The molecule has 1 aliphatic carbocycles. The molecule has 2 aromatic heterocycles. The van der Waals surface area contributed by atoms with E-state index in [1.165, 1.54) is 19.3 Å². The van der Waals surface area contributed by atoms with Crippen molar-refractivity contribution < 1.29 is 4.79 Å². The number of fused-ring (bicyclic) bond motifs is 2. The number of H-pyrrole nitrogens is 1. The Labute approximate surface area is 160 Å². The molecule has 1 saturated carbocycles. The molecule has 7 heteroatoms. The monoisotopic (exact) mass is 370 g/mol. The SMILES string of the molecule is CCN(Cc1cnn(CC)c1)C(=O)[C@@H]1Cc2[nH]cnc2C2(CCCCC2)N1. The number of nitrogens with one attached hydrogen (secondary N) is 2. The zero-order chi connectivity index (χ0) is 18.9. The third kappa shape index (κ3) is 3.40. The Morgan fingerprint density at radius 1 is 1.33 bits per heavy atom. The number of aryl methyl sites for hydroxylation is 1. The van der Waals surface area contributed by atoms with Gasteiger partial charge in [0.15, 0.2) is 0 Å². The molecule has 27 heavy (non-hydrogen) atoms. The number of rotatable bonds is 5. The van der Waals surface area contributed by atoms with Gasteiger partial charge in [-0.25, -0.2) is 4.98 Å². The molecule has 1 spiro atoms. The molecule has 3 heterocycles. The summed E-state index contributed by atoms with van der Waals surface area (Å²) in [7, 11) is 0. The lowest BCUT2D eigenvalue weighted by molar-refractivity contribution is -0.135. The van der Waals surface area contributed by atoms with Gasteiger partial charge in [0.2, 0.25) is 5.91 Å². The van der Waals surface area contributed by atoms with Crippen LogP contribution in [0.5, 0.6) is 0 Å². The second-order valence-corrected chi connectivity index (χ2v) is 7.83. The highest BCUT2D eigenvalue weighted by molar-refractivity contribution is 5.82. The third-order valence-corrected chi connectivity index (χ3v) is 6.11. The molecule has 1 amide bonds. The molecule has 4 rings (SSSR count). The summed E-state index contributed by atoms with van der Waals surface area (Å²) >= 11 is 0. The number of imidazole rings is 1. The molecule has 2 aliphatic rings. The van der Waals surface area contributed by atoms with Crippen LogP contribution in [0.3, 0.4) is 0 Å². The molecule has 0 radical (unpaired) electrons. The lowest BCUT2D eigenvalue weighted by Gasteiger charge is -2.44. The van der Waals surface area contributed by atoms with Crippen LogP contribution in [0.25, 0.3) is 0 Å². The van der Waals surface area contributed by atoms with Crippen LogP contribution in [0, 0.1) is 0 Å². The van der Waals surface area contributed by atoms with Gasteiger partial charge in [0.25, 0.3) is 0 Å². The maximum absolute atomic E-state index is 13.4. The summed E-state index contributed by atoms with van der Waals surface area (Å²) in [5, 5.41) is 8.07. The normalized spacial score (nSPS) is 21.2. The van der Waals surface area contributed by atoms with Crippen molar-refractivity contribution in [1.82, 2.24) is 30.0 Å². The maximum Gasteiger partial charge on any atom is 0.240 e. The van der Waals surface area contributed by atoms with Gasteiger partial charge in [-0.15, -0.1) is 0 Å². The van der Waals surface area contributed by atoms with Gasteiger partial charge in [0, 0.05) is 43.5 Å². The van der Waals surface area contributed by atoms with Gasteiger partial charge in [0.05, 0.1) is 29.8 Å². The summed E-state index contributed by atoms with van der Waals surface area (Å²) in [5.74, 6) is 0.173. The van der Waals surface area contributed by atoms with Gasteiger partial charge in [0.1, 0.15) is 0 Å². The van der Waals surface area contributed by atoms with E-state index < -0.39 is 0 Å². The van der Waals surface area contributed by atoms with Gasteiger partial charge in [-0.3, -0.25) is 14.8 Å². The first-order valence-electron chi connectivity index (χ1n) is 10.3. The number of nitrogens with zero attached hydrogens (tertiary/aromatic N) is 4. The predicted molar refractivity (Wildman–Crippen MR) is 103 cm³/mol. The Hall–Kier alpha value is -2.15. The number of hydrogen-bond donors (Lipinski definition) is 2. The number of aromatic nitrogens is 4. The van der Waals surface area contributed by atoms with Crippen LogP contribution in [0.4, 0.5) is 0 Å². The summed E-state index contributed by atoms with van der Waals surface area (Å²) in [6.45, 7) is 6.25. The molecule has 2 aromatic rings. The van der Waals surface area contributed by atoms with E-state index >= 15 is 0 Å². The Bertz CT molecular complexity index is 788. The highest BCUT2D eigenvalue weighted by Gasteiger charge is 2.45. The average molecular weight is 371 g/mol. The number of amides is 1. The first kappa shape index (κ1) is 18.2. The summed E-state index contributed by atoms with van der Waals surface area (Å²) in [6, 6.07) is -0.197. The van der Waals surface area contributed by atoms with Gasteiger partial charge in [-0.05, 0) is 26.7 Å². The molecular formula is C20H30N6O. The smallest absolute Gasteiger partial charge is 0.240 e. The van der Waals surface area contributed by atoms with E-state index in [1.54, 1.807) is 6.33 Å². The van der Waals surface area contributed by atoms with Crippen LogP contribution in [-0.2, 0) is 29.8 Å². The molecule has 1 atom stereocenters. The van der Waals surface area contributed by atoms with Gasteiger partial charge in [-0.2, -0.15) is 5.10 Å². The predicted octanol–water partition coefficient (Wildman–Crippen LogP) is 2.35. The molecule has 1 aliphatic heterocycles. The van der Waals surface area contributed by atoms with Crippen molar-refractivity contribution in [2.45, 2.75) is 77.0 Å². The van der Waals surface area contributed by atoms with E-state index in [9.17, 15) is 4.79 Å². The largest absolute Gasteiger partial charge is 0.348 e. The van der Waals surface area contributed by atoms with Crippen LogP contribution in [0.15, 0.2) is 18.7 Å². The van der Waals surface area contributed by atoms with Crippen molar-refractivity contribution in [2.24, 2.45) is 0 Å². The fourth-order valence-electron chi connectivity index (χ4n) is 4.68. The lowest BCUT2D eigenvalue weighted by Crippen LogP contribution is -2.59. The van der Waals surface area contributed by atoms with Crippen LogP contribution in [0.1, 0.15) is 62.9 Å². The first-order chi connectivity index (χ1) is 13.1. The summed E-state index contributed by atoms with van der Waals surface area (Å²) in [5.41, 5.74) is 3.21. The van der Waals surface area contributed by atoms with Crippen molar-refractivity contribution in [2.75, 3.05) is 6.54 Å². The standard InChI is InChI=1S/C20H30N6O/c1-3-25(12-15-11-23-26(4-2)13-15)19(27)17-10-16-18(22-14-21-16)20(24-17)8-6-5-7-9-20/h11,13-14,17,24H,3-10,12H2,1-2H3,(H,21,22)/t17-/m0/s1. The van der Waals surface area contributed by atoms with Gasteiger partial charge in [-0.1, -0.05) is 19.3 Å². The quantitative estimate of drug-likeness (QED) is 0.847. The van der Waals surface area contributed by atoms with E-state index in [4.69, 9.17) is 0 Å². The molecule has 0 unspecified atom stereocenters. The molecule has 0 aromatic carbocycles. The van der Waals surface area contributed by atoms with Gasteiger partial charge >= 0.3 is 0 Å². The van der Waals surface area contributed by atoms with Crippen molar-refractivity contribution in [3.8, 4) is 0 Å². The van der Waals surface area contributed by atoms with Crippen molar-refractivity contribution >= 4 is 5.91 Å². The Morgan fingerprint density at radius 3 is 2.85 bits per heavy atom. The van der Waals surface area contributed by atoms with Crippen molar-refractivity contribution in [3.63, 3.8) is 0 Å². The molecule has 146 valence electrons. The lowest BCUT2D eigenvalue weighted by atomic mass is 9.75. The second kappa shape index (κ2) is 7.46. The van der Waals surface area contributed by atoms with Gasteiger partial charge < -0.3 is 9.88 Å². The number of likely N-dealkylation sites (N-methyl/N-ethyl adjacent to an activating group) is 1. The van der Waals surface area contributed by atoms with Crippen LogP contribution in [0.2, 0.25) is 0 Å². The Balaban J connectivity index is 1.54. The molecule has 0 saturated heterocycles. The van der Waals surface area contributed by atoms with Crippen molar-refractivity contribution in [1.29, 1.82) is 0 Å². The van der Waals surface area contributed by atoms with E-state index in [-0.39, 0.29) is 17.5 Å². The first-order valence-corrected chi connectivity index (χ1v) is 10.3. The number of carbonyl (C=O) groups is 1. The van der Waals surface area contributed by atoms with E-state index in [0.717, 1.165) is 36.3 Å². The third-order valence-electron chi connectivity index (χ3n) is 6.11. The Kier molecular flexibility index (Phi) is 5.04. The summed E-state index contributed by atoms with van der Waals surface area (Å²) < 4.78 is 1.90. The van der Waals surface area contributed by atoms with Crippen molar-refractivity contribution in [3.05, 3.63) is 35.7 Å². The molecule has 7 nitrogen and oxygen atoms in total. The topological polar surface area (TPSA) is 78.8 Å². The number of carbonyl (C=O) groups excluding carboxylic acids is 1. The van der Waals surface area contributed by atoms with E-state index in [0.29, 0.717) is 19.5 Å². The minimum atomic E-state index is -0.197. The zero-order valence-electron chi connectivity index (χ0n) is 16.4. The Morgan fingerprint density at radius 2 is 2.15 bits per heavy atom. The molecule has 1 fully saturated rings. The number of aromatic amines is 1. The summed E-state index contributed by atoms with van der Waals surface area (Å²) in [6.07, 6.45) is 12.1. The van der Waals surface area contributed by atoms with E-state index in [1.807, 2.05) is 28.9 Å². The van der Waals surface area contributed by atoms with Crippen LogP contribution in [-0.4, -0.2) is 43.1 Å². The average Bonchev–Trinajstić information content (AvgIpc) is 3.35. The minimum absolute atomic E-state index is 0.140. The fraction of sp³-hybridized carbons (Fsp3) is 0.650. The highest BCUT2D eigenvalue weighted by atomic mass is 16.2. The zero-order valence-corrected chi connectivity index (χ0v) is 16.4. The molecular weight excluding hydrogens is 340 g/mol. The molecule has 0 bridgehead atoms.